The number of allylic oxidation sites excluding steroid dienone is 2. The van der Waals surface area contributed by atoms with Gasteiger partial charge in [-0.2, -0.15) is 0 Å². The Hall–Kier alpha value is -1.65. The van der Waals surface area contributed by atoms with Gasteiger partial charge in [0.25, 0.3) is 5.91 Å². The van der Waals surface area contributed by atoms with Gasteiger partial charge in [0, 0.05) is 11.6 Å². The van der Waals surface area contributed by atoms with E-state index >= 15 is 0 Å². The molecular formula is C14H13ClN2OS. The summed E-state index contributed by atoms with van der Waals surface area (Å²) in [5.41, 5.74) is 1.38. The van der Waals surface area contributed by atoms with Gasteiger partial charge in [0.15, 0.2) is 5.11 Å². The molecule has 0 aliphatic carbocycles. The Morgan fingerprint density at radius 1 is 1.42 bits per heavy atom. The second-order valence-electron chi connectivity index (χ2n) is 3.98. The fourth-order valence-electron chi connectivity index (χ4n) is 1.75. The van der Waals surface area contributed by atoms with Crippen molar-refractivity contribution in [1.82, 2.24) is 10.2 Å². The highest BCUT2D eigenvalue weighted by Crippen LogP contribution is 2.16. The number of carbonyl (C=O) groups is 1. The number of benzene rings is 1. The monoisotopic (exact) mass is 292 g/mol. The van der Waals surface area contributed by atoms with E-state index in [-0.39, 0.29) is 5.91 Å². The van der Waals surface area contributed by atoms with Gasteiger partial charge in [-0.05, 0) is 36.9 Å². The number of nitrogens with zero attached hydrogens (tertiary/aromatic N) is 1. The van der Waals surface area contributed by atoms with Crippen LogP contribution in [0, 0.1) is 0 Å². The van der Waals surface area contributed by atoms with Crippen molar-refractivity contribution in [2.75, 3.05) is 6.54 Å². The second kappa shape index (κ2) is 5.99. The van der Waals surface area contributed by atoms with Gasteiger partial charge in [-0.3, -0.25) is 9.69 Å². The van der Waals surface area contributed by atoms with Crippen molar-refractivity contribution < 1.29 is 4.79 Å². The van der Waals surface area contributed by atoms with E-state index < -0.39 is 0 Å². The van der Waals surface area contributed by atoms with Crippen LogP contribution in [-0.2, 0) is 4.79 Å². The summed E-state index contributed by atoms with van der Waals surface area (Å²) in [6.45, 7) is 2.41. The van der Waals surface area contributed by atoms with E-state index in [4.69, 9.17) is 23.8 Å². The van der Waals surface area contributed by atoms with Gasteiger partial charge >= 0.3 is 0 Å². The molecule has 0 bridgehead atoms. The summed E-state index contributed by atoms with van der Waals surface area (Å²) in [5, 5.41) is 3.76. The number of hydrogen-bond acceptors (Lipinski definition) is 2. The van der Waals surface area contributed by atoms with Crippen molar-refractivity contribution in [2.45, 2.75) is 6.92 Å². The molecule has 0 atom stereocenters. The maximum Gasteiger partial charge on any atom is 0.276 e. The van der Waals surface area contributed by atoms with E-state index in [9.17, 15) is 4.79 Å². The average Bonchev–Trinajstić information content (AvgIpc) is 2.65. The van der Waals surface area contributed by atoms with Gasteiger partial charge in [-0.1, -0.05) is 41.9 Å². The smallest absolute Gasteiger partial charge is 0.276 e. The fraction of sp³-hybridized carbons (Fsp3) is 0.143. The molecule has 1 saturated heterocycles. The van der Waals surface area contributed by atoms with Gasteiger partial charge in [0.05, 0.1) is 0 Å². The molecule has 98 valence electrons. The number of thiocarbonyl (C=S) groups is 1. The van der Waals surface area contributed by atoms with Crippen LogP contribution >= 0.6 is 23.8 Å². The summed E-state index contributed by atoms with van der Waals surface area (Å²) in [6, 6.07) is 9.66. The van der Waals surface area contributed by atoms with Gasteiger partial charge < -0.3 is 5.32 Å². The van der Waals surface area contributed by atoms with Gasteiger partial charge in [-0.25, -0.2) is 0 Å². The van der Waals surface area contributed by atoms with Crippen LogP contribution < -0.4 is 5.32 Å². The molecule has 0 radical (unpaired) electrons. The first-order valence-electron chi connectivity index (χ1n) is 5.88. The molecule has 1 aromatic carbocycles. The SMILES string of the molecule is CCN1C(=O)/C(=C\C(Cl)=C\c2ccccc2)NC1=S. The lowest BCUT2D eigenvalue weighted by atomic mass is 10.2. The van der Waals surface area contributed by atoms with Crippen LogP contribution in [-0.4, -0.2) is 22.5 Å². The maximum atomic E-state index is 12.0. The fourth-order valence-corrected chi connectivity index (χ4v) is 2.30. The number of rotatable bonds is 3. The third kappa shape index (κ3) is 3.22. The van der Waals surface area contributed by atoms with Crippen LogP contribution in [0.25, 0.3) is 6.08 Å². The van der Waals surface area contributed by atoms with E-state index in [0.29, 0.717) is 22.4 Å². The Balaban J connectivity index is 2.21. The van der Waals surface area contributed by atoms with E-state index in [1.165, 1.54) is 4.90 Å². The zero-order valence-electron chi connectivity index (χ0n) is 10.4. The van der Waals surface area contributed by atoms with Crippen molar-refractivity contribution in [3.8, 4) is 0 Å². The van der Waals surface area contributed by atoms with Gasteiger partial charge in [0.2, 0.25) is 0 Å². The summed E-state index contributed by atoms with van der Waals surface area (Å²) >= 11 is 11.2. The Morgan fingerprint density at radius 3 is 2.68 bits per heavy atom. The lowest BCUT2D eigenvalue weighted by Crippen LogP contribution is -2.30. The molecule has 1 aromatic rings. The Kier molecular flexibility index (Phi) is 4.35. The van der Waals surface area contributed by atoms with E-state index in [1.54, 1.807) is 12.2 Å². The third-order valence-corrected chi connectivity index (χ3v) is 3.21. The lowest BCUT2D eigenvalue weighted by Gasteiger charge is -2.08. The summed E-state index contributed by atoms with van der Waals surface area (Å²) in [5.74, 6) is -0.146. The number of carbonyl (C=O) groups excluding carboxylic acids is 1. The minimum absolute atomic E-state index is 0.146. The van der Waals surface area contributed by atoms with Crippen molar-refractivity contribution >= 4 is 40.9 Å². The van der Waals surface area contributed by atoms with Crippen LogP contribution in [0.4, 0.5) is 0 Å². The largest absolute Gasteiger partial charge is 0.328 e. The minimum Gasteiger partial charge on any atom is -0.328 e. The van der Waals surface area contributed by atoms with Crippen LogP contribution in [0.15, 0.2) is 47.1 Å². The molecule has 0 unspecified atom stereocenters. The van der Waals surface area contributed by atoms with Crippen LogP contribution in [0.2, 0.25) is 0 Å². The second-order valence-corrected chi connectivity index (χ2v) is 4.80. The molecule has 3 nitrogen and oxygen atoms in total. The number of amides is 1. The predicted octanol–water partition coefficient (Wildman–Crippen LogP) is 2.89. The lowest BCUT2D eigenvalue weighted by molar-refractivity contribution is -0.122. The van der Waals surface area contributed by atoms with Crippen LogP contribution in [0.3, 0.4) is 0 Å². The maximum absolute atomic E-state index is 12.0. The quantitative estimate of drug-likeness (QED) is 0.687. The Bertz CT molecular complexity index is 566. The molecule has 0 saturated carbocycles. The molecule has 19 heavy (non-hydrogen) atoms. The van der Waals surface area contributed by atoms with Gasteiger partial charge in [-0.15, -0.1) is 0 Å². The average molecular weight is 293 g/mol. The molecule has 0 aromatic heterocycles. The molecule has 5 heteroatoms. The molecule has 1 aliphatic rings. The third-order valence-electron chi connectivity index (χ3n) is 2.66. The zero-order chi connectivity index (χ0) is 13.8. The first-order chi connectivity index (χ1) is 9.11. The molecular weight excluding hydrogens is 280 g/mol. The van der Waals surface area contributed by atoms with E-state index in [2.05, 4.69) is 5.32 Å². The Labute approximate surface area is 122 Å². The van der Waals surface area contributed by atoms with Crippen molar-refractivity contribution in [1.29, 1.82) is 0 Å². The first kappa shape index (κ1) is 13.8. The summed E-state index contributed by atoms with van der Waals surface area (Å²) < 4.78 is 0. The molecule has 1 fully saturated rings. The van der Waals surface area contributed by atoms with Crippen molar-refractivity contribution in [3.63, 3.8) is 0 Å². The predicted molar refractivity (Wildman–Crippen MR) is 81.5 cm³/mol. The zero-order valence-corrected chi connectivity index (χ0v) is 12.0. The summed E-state index contributed by atoms with van der Waals surface area (Å²) in [7, 11) is 0. The molecule has 1 N–H and O–H groups in total. The normalized spacial score (nSPS) is 18.1. The highest BCUT2D eigenvalue weighted by Gasteiger charge is 2.28. The number of hydrogen-bond donors (Lipinski definition) is 1. The molecule has 1 amide bonds. The molecule has 1 heterocycles. The summed E-state index contributed by atoms with van der Waals surface area (Å²) in [6.07, 6.45) is 3.39. The number of nitrogens with one attached hydrogen (secondary N) is 1. The minimum atomic E-state index is -0.146. The Morgan fingerprint density at radius 2 is 2.11 bits per heavy atom. The highest BCUT2D eigenvalue weighted by molar-refractivity contribution is 7.80. The summed E-state index contributed by atoms with van der Waals surface area (Å²) in [4.78, 5) is 13.5. The topological polar surface area (TPSA) is 32.3 Å². The number of halogens is 1. The van der Waals surface area contributed by atoms with Gasteiger partial charge in [0.1, 0.15) is 5.70 Å². The molecule has 0 spiro atoms. The number of likely N-dealkylation sites (N-methyl/N-ethyl adjacent to an activating group) is 1. The van der Waals surface area contributed by atoms with E-state index in [1.807, 2.05) is 37.3 Å². The standard InChI is InChI=1S/C14H13ClN2OS/c1-2-17-13(18)12(16-14(17)19)9-11(15)8-10-6-4-3-5-7-10/h3-9H,2H2,1H3,(H,16,19)/b11-8-,12-9+. The van der Waals surface area contributed by atoms with Crippen molar-refractivity contribution in [3.05, 3.63) is 52.7 Å². The van der Waals surface area contributed by atoms with Crippen LogP contribution in [0.1, 0.15) is 12.5 Å². The first-order valence-corrected chi connectivity index (χ1v) is 6.67. The molecule has 2 rings (SSSR count). The van der Waals surface area contributed by atoms with Crippen LogP contribution in [0.5, 0.6) is 0 Å². The highest BCUT2D eigenvalue weighted by atomic mass is 35.5. The molecule has 1 aliphatic heterocycles. The van der Waals surface area contributed by atoms with E-state index in [0.717, 1.165) is 5.56 Å². The van der Waals surface area contributed by atoms with Crippen molar-refractivity contribution in [2.24, 2.45) is 0 Å².